The molecule has 3 rings (SSSR count). The molecular weight excluding hydrogens is 214 g/mol. The van der Waals surface area contributed by atoms with E-state index in [0.29, 0.717) is 11.8 Å². The van der Waals surface area contributed by atoms with Crippen LogP contribution in [0.15, 0.2) is 24.3 Å². The fourth-order valence-electron chi connectivity index (χ4n) is 3.14. The predicted octanol–water partition coefficient (Wildman–Crippen LogP) is 1.76. The van der Waals surface area contributed by atoms with Crippen LogP contribution in [0.4, 0.5) is 0 Å². The monoisotopic (exact) mass is 231 g/mol. The normalized spacial score (nSPS) is 31.2. The van der Waals surface area contributed by atoms with Crippen LogP contribution >= 0.6 is 0 Å². The molecule has 1 heterocycles. The zero-order chi connectivity index (χ0) is 12.0. The largest absolute Gasteiger partial charge is 0.481 e. The van der Waals surface area contributed by atoms with Crippen molar-refractivity contribution in [3.05, 3.63) is 35.4 Å². The summed E-state index contributed by atoms with van der Waals surface area (Å²) in [6.45, 7) is 5.00. The average molecular weight is 231 g/mol. The zero-order valence-corrected chi connectivity index (χ0v) is 9.97. The molecule has 90 valence electrons. The average Bonchev–Trinajstić information content (AvgIpc) is 2.81. The van der Waals surface area contributed by atoms with E-state index in [4.69, 9.17) is 5.11 Å². The molecule has 3 heteroatoms. The van der Waals surface area contributed by atoms with Gasteiger partial charge in [-0.25, -0.2) is 0 Å². The lowest BCUT2D eigenvalue weighted by molar-refractivity contribution is -0.139. The first-order chi connectivity index (χ1) is 8.16. The highest BCUT2D eigenvalue weighted by atomic mass is 16.4. The van der Waals surface area contributed by atoms with Crippen molar-refractivity contribution in [2.75, 3.05) is 13.1 Å². The molecule has 3 nitrogen and oxygen atoms in total. The molecule has 2 aliphatic rings. The van der Waals surface area contributed by atoms with Crippen LogP contribution in [-0.2, 0) is 11.3 Å². The molecule has 1 aromatic carbocycles. The van der Waals surface area contributed by atoms with E-state index in [2.05, 4.69) is 36.1 Å². The summed E-state index contributed by atoms with van der Waals surface area (Å²) in [7, 11) is 0. The smallest absolute Gasteiger partial charge is 0.307 e. The minimum atomic E-state index is -0.601. The fraction of sp³-hybridized carbons (Fsp3) is 0.500. The third-order valence-electron chi connectivity index (χ3n) is 4.21. The van der Waals surface area contributed by atoms with Crippen molar-refractivity contribution >= 4 is 5.97 Å². The minimum Gasteiger partial charge on any atom is -0.481 e. The van der Waals surface area contributed by atoms with Gasteiger partial charge in [-0.1, -0.05) is 24.3 Å². The second-order valence-electron chi connectivity index (χ2n) is 5.31. The Kier molecular flexibility index (Phi) is 2.44. The van der Waals surface area contributed by atoms with Gasteiger partial charge in [-0.05, 0) is 29.9 Å². The summed E-state index contributed by atoms with van der Waals surface area (Å²) >= 11 is 0. The number of hydrogen-bond donors (Lipinski definition) is 1. The lowest BCUT2D eigenvalue weighted by Gasteiger charge is -2.19. The molecule has 1 saturated carbocycles. The second-order valence-corrected chi connectivity index (χ2v) is 5.31. The molecule has 2 fully saturated rings. The number of benzene rings is 1. The summed E-state index contributed by atoms with van der Waals surface area (Å²) in [5.74, 6) is 0.173. The van der Waals surface area contributed by atoms with Crippen LogP contribution in [-0.4, -0.2) is 29.1 Å². The summed E-state index contributed by atoms with van der Waals surface area (Å²) < 4.78 is 0. The van der Waals surface area contributed by atoms with Crippen molar-refractivity contribution in [1.29, 1.82) is 0 Å². The van der Waals surface area contributed by atoms with Gasteiger partial charge in [-0.15, -0.1) is 0 Å². The van der Waals surface area contributed by atoms with Crippen molar-refractivity contribution in [3.63, 3.8) is 0 Å². The Morgan fingerprint density at radius 1 is 1.35 bits per heavy atom. The summed E-state index contributed by atoms with van der Waals surface area (Å²) in [4.78, 5) is 13.3. The zero-order valence-electron chi connectivity index (χ0n) is 9.97. The van der Waals surface area contributed by atoms with Crippen molar-refractivity contribution in [3.8, 4) is 0 Å². The van der Waals surface area contributed by atoms with E-state index in [9.17, 15) is 4.79 Å². The molecule has 2 unspecified atom stereocenters. The van der Waals surface area contributed by atoms with E-state index in [1.165, 1.54) is 11.1 Å². The number of fused-ring (bicyclic) bond motifs is 1. The fourth-order valence-corrected chi connectivity index (χ4v) is 3.14. The summed E-state index contributed by atoms with van der Waals surface area (Å²) in [5.41, 5.74) is 2.68. The van der Waals surface area contributed by atoms with E-state index in [1.807, 2.05) is 0 Å². The van der Waals surface area contributed by atoms with Crippen LogP contribution in [0.5, 0.6) is 0 Å². The lowest BCUT2D eigenvalue weighted by atomic mass is 10.1. The standard InChI is InChI=1S/C14H17NO2/c1-9-4-2-3-5-10(9)6-15-7-11-12(8-15)13(11)14(16)17/h2-5,11-13H,6-8H2,1H3,(H,16,17). The molecule has 0 amide bonds. The number of aryl methyl sites for hydroxylation is 1. The molecule has 0 bridgehead atoms. The van der Waals surface area contributed by atoms with Gasteiger partial charge < -0.3 is 5.11 Å². The lowest BCUT2D eigenvalue weighted by Crippen LogP contribution is -2.26. The van der Waals surface area contributed by atoms with Gasteiger partial charge in [-0.3, -0.25) is 9.69 Å². The first-order valence-corrected chi connectivity index (χ1v) is 6.16. The van der Waals surface area contributed by atoms with Gasteiger partial charge in [-0.2, -0.15) is 0 Å². The minimum absolute atomic E-state index is 0.0527. The van der Waals surface area contributed by atoms with Crippen molar-refractivity contribution in [2.24, 2.45) is 17.8 Å². The van der Waals surface area contributed by atoms with E-state index in [-0.39, 0.29) is 5.92 Å². The number of nitrogens with zero attached hydrogens (tertiary/aromatic N) is 1. The molecule has 1 N–H and O–H groups in total. The van der Waals surface area contributed by atoms with Crippen molar-refractivity contribution < 1.29 is 9.90 Å². The highest BCUT2D eigenvalue weighted by Crippen LogP contribution is 2.51. The summed E-state index contributed by atoms with van der Waals surface area (Å²) in [5, 5.41) is 8.96. The van der Waals surface area contributed by atoms with Crippen LogP contribution in [0.1, 0.15) is 11.1 Å². The first kappa shape index (κ1) is 10.8. The van der Waals surface area contributed by atoms with Crippen LogP contribution in [0.3, 0.4) is 0 Å². The van der Waals surface area contributed by atoms with Gasteiger partial charge in [0.2, 0.25) is 0 Å². The SMILES string of the molecule is Cc1ccccc1CN1CC2C(C1)C2C(=O)O. The molecule has 2 atom stereocenters. The first-order valence-electron chi connectivity index (χ1n) is 6.16. The highest BCUT2D eigenvalue weighted by molar-refractivity contribution is 5.74. The van der Waals surface area contributed by atoms with Gasteiger partial charge in [0.1, 0.15) is 0 Å². The van der Waals surface area contributed by atoms with E-state index in [1.54, 1.807) is 0 Å². The Morgan fingerprint density at radius 2 is 2.00 bits per heavy atom. The Bertz CT molecular complexity index is 445. The summed E-state index contributed by atoms with van der Waals surface area (Å²) in [6.07, 6.45) is 0. The number of carboxylic acid groups (broad SMARTS) is 1. The van der Waals surface area contributed by atoms with Crippen LogP contribution in [0, 0.1) is 24.7 Å². The Balaban J connectivity index is 1.61. The molecule has 0 radical (unpaired) electrons. The summed E-state index contributed by atoms with van der Waals surface area (Å²) in [6, 6.07) is 8.42. The molecular formula is C14H17NO2. The molecule has 1 aromatic rings. The number of likely N-dealkylation sites (tertiary alicyclic amines) is 1. The van der Waals surface area contributed by atoms with E-state index < -0.39 is 5.97 Å². The Labute approximate surface area is 101 Å². The number of rotatable bonds is 3. The van der Waals surface area contributed by atoms with Gasteiger partial charge >= 0.3 is 5.97 Å². The predicted molar refractivity (Wildman–Crippen MR) is 64.6 cm³/mol. The highest BCUT2D eigenvalue weighted by Gasteiger charge is 2.59. The van der Waals surface area contributed by atoms with Gasteiger partial charge in [0.05, 0.1) is 5.92 Å². The molecule has 1 saturated heterocycles. The Hall–Kier alpha value is -1.35. The van der Waals surface area contributed by atoms with Gasteiger partial charge in [0.15, 0.2) is 0 Å². The number of carboxylic acids is 1. The van der Waals surface area contributed by atoms with Gasteiger partial charge in [0.25, 0.3) is 0 Å². The Morgan fingerprint density at radius 3 is 2.59 bits per heavy atom. The third-order valence-corrected chi connectivity index (χ3v) is 4.21. The maximum atomic E-state index is 10.9. The molecule has 0 aromatic heterocycles. The van der Waals surface area contributed by atoms with Gasteiger partial charge in [0, 0.05) is 19.6 Å². The van der Waals surface area contributed by atoms with Crippen LogP contribution in [0.25, 0.3) is 0 Å². The third kappa shape index (κ3) is 1.84. The second kappa shape index (κ2) is 3.84. The molecule has 1 aliphatic heterocycles. The van der Waals surface area contributed by atoms with Crippen LogP contribution in [0.2, 0.25) is 0 Å². The maximum Gasteiger partial charge on any atom is 0.307 e. The number of piperidine rings is 1. The molecule has 0 spiro atoms. The number of hydrogen-bond acceptors (Lipinski definition) is 2. The molecule has 1 aliphatic carbocycles. The quantitative estimate of drug-likeness (QED) is 0.861. The van der Waals surface area contributed by atoms with E-state index >= 15 is 0 Å². The van der Waals surface area contributed by atoms with Crippen molar-refractivity contribution in [2.45, 2.75) is 13.5 Å². The maximum absolute atomic E-state index is 10.9. The molecule has 17 heavy (non-hydrogen) atoms. The number of carbonyl (C=O) groups is 1. The van der Waals surface area contributed by atoms with Crippen LogP contribution < -0.4 is 0 Å². The van der Waals surface area contributed by atoms with E-state index in [0.717, 1.165) is 19.6 Å². The topological polar surface area (TPSA) is 40.5 Å². The van der Waals surface area contributed by atoms with Crippen molar-refractivity contribution in [1.82, 2.24) is 4.90 Å². The number of aliphatic carboxylic acids is 1.